The normalized spacial score (nSPS) is 20.7. The molecule has 2 aromatic rings. The van der Waals surface area contributed by atoms with Crippen molar-refractivity contribution in [1.29, 1.82) is 0 Å². The van der Waals surface area contributed by atoms with E-state index < -0.39 is 5.97 Å². The van der Waals surface area contributed by atoms with Gasteiger partial charge in [0.2, 0.25) is 5.95 Å². The molecule has 1 fully saturated rings. The molecule has 0 radical (unpaired) electrons. The molecule has 3 rings (SSSR count). The van der Waals surface area contributed by atoms with Gasteiger partial charge in [-0.25, -0.2) is 4.98 Å². The number of aliphatic carboxylic acids is 1. The maximum atomic E-state index is 11.2. The van der Waals surface area contributed by atoms with E-state index in [9.17, 15) is 4.79 Å². The molecule has 1 aliphatic rings. The summed E-state index contributed by atoms with van der Waals surface area (Å²) in [5, 5.41) is 22.7. The number of hydrogen-bond acceptors (Lipinski definition) is 7. The van der Waals surface area contributed by atoms with Gasteiger partial charge < -0.3 is 15.3 Å². The van der Waals surface area contributed by atoms with Crippen molar-refractivity contribution >= 4 is 17.7 Å². The van der Waals surface area contributed by atoms with Crippen LogP contribution in [0.3, 0.4) is 0 Å². The zero-order chi connectivity index (χ0) is 16.4. The lowest BCUT2D eigenvalue weighted by Gasteiger charge is -2.17. The molecule has 0 saturated carbocycles. The van der Waals surface area contributed by atoms with Crippen molar-refractivity contribution in [2.45, 2.75) is 19.3 Å². The molecule has 0 aliphatic carbocycles. The first-order chi connectivity index (χ1) is 11.1. The minimum absolute atomic E-state index is 0.00741. The van der Waals surface area contributed by atoms with E-state index in [1.807, 2.05) is 17.9 Å². The van der Waals surface area contributed by atoms with Gasteiger partial charge in [0.05, 0.1) is 18.3 Å². The van der Waals surface area contributed by atoms with E-state index in [-0.39, 0.29) is 18.3 Å². The Bertz CT molecular complexity index is 688. The van der Waals surface area contributed by atoms with Gasteiger partial charge in [0.1, 0.15) is 5.82 Å². The summed E-state index contributed by atoms with van der Waals surface area (Å²) in [6.45, 7) is 3.11. The molecular weight excluding hydrogens is 298 g/mol. The molecule has 0 amide bonds. The number of carboxylic acid groups (broad SMARTS) is 1. The molecule has 9 heteroatoms. The standard InChI is InChI=1S/C14H19N7O2/c1-8-3-12(15-2)18-14(17-8)21-6-9(4-13(22)23)10(7-21)11-5-16-20-19-11/h3,5,9-10H,4,6-7H2,1-2H3,(H,22,23)(H,15,17,18)(H,16,19,20)/t9-,10+/m0/s1. The van der Waals surface area contributed by atoms with Crippen molar-refractivity contribution in [3.8, 4) is 0 Å². The summed E-state index contributed by atoms with van der Waals surface area (Å²) in [5.41, 5.74) is 1.64. The van der Waals surface area contributed by atoms with Gasteiger partial charge in [0.15, 0.2) is 0 Å². The first-order valence-corrected chi connectivity index (χ1v) is 7.42. The van der Waals surface area contributed by atoms with Gasteiger partial charge >= 0.3 is 5.97 Å². The zero-order valence-corrected chi connectivity index (χ0v) is 13.0. The predicted octanol–water partition coefficient (Wildman–Crippen LogP) is 0.640. The number of hydrogen-bond donors (Lipinski definition) is 3. The second-order valence-corrected chi connectivity index (χ2v) is 5.71. The average molecular weight is 317 g/mol. The number of nitrogens with one attached hydrogen (secondary N) is 2. The van der Waals surface area contributed by atoms with E-state index in [0.717, 1.165) is 17.2 Å². The Kier molecular flexibility index (Phi) is 4.09. The minimum atomic E-state index is -0.814. The Labute approximate surface area is 133 Å². The van der Waals surface area contributed by atoms with Crippen LogP contribution in [0.1, 0.15) is 23.7 Å². The van der Waals surface area contributed by atoms with Gasteiger partial charge in [-0.1, -0.05) is 0 Å². The predicted molar refractivity (Wildman–Crippen MR) is 83.4 cm³/mol. The topological polar surface area (TPSA) is 120 Å². The Balaban J connectivity index is 1.87. The molecule has 9 nitrogen and oxygen atoms in total. The summed E-state index contributed by atoms with van der Waals surface area (Å²) in [4.78, 5) is 22.1. The number of rotatable bonds is 5. The first kappa shape index (κ1) is 15.2. The van der Waals surface area contributed by atoms with Gasteiger partial charge in [-0.05, 0) is 12.8 Å². The number of carboxylic acids is 1. The number of anilines is 2. The maximum absolute atomic E-state index is 11.2. The Morgan fingerprint density at radius 2 is 2.30 bits per heavy atom. The van der Waals surface area contributed by atoms with Gasteiger partial charge in [0, 0.05) is 37.8 Å². The Morgan fingerprint density at radius 1 is 1.48 bits per heavy atom. The number of carbonyl (C=O) groups is 1. The monoisotopic (exact) mass is 317 g/mol. The minimum Gasteiger partial charge on any atom is -0.481 e. The molecule has 0 spiro atoms. The highest BCUT2D eigenvalue weighted by atomic mass is 16.4. The fourth-order valence-electron chi connectivity index (χ4n) is 3.01. The van der Waals surface area contributed by atoms with Crippen LogP contribution < -0.4 is 10.2 Å². The lowest BCUT2D eigenvalue weighted by atomic mass is 9.91. The molecule has 23 heavy (non-hydrogen) atoms. The Hall–Kier alpha value is -2.71. The molecule has 0 aromatic carbocycles. The number of aromatic amines is 1. The molecule has 3 N–H and O–H groups in total. The smallest absolute Gasteiger partial charge is 0.303 e. The van der Waals surface area contributed by atoms with Crippen LogP contribution in [0.15, 0.2) is 12.3 Å². The summed E-state index contributed by atoms with van der Waals surface area (Å²) >= 11 is 0. The molecule has 0 bridgehead atoms. The summed E-state index contributed by atoms with van der Waals surface area (Å²) in [6, 6.07) is 1.86. The average Bonchev–Trinajstić information content (AvgIpc) is 3.15. The van der Waals surface area contributed by atoms with E-state index in [0.29, 0.717) is 19.0 Å². The van der Waals surface area contributed by atoms with Crippen LogP contribution in [-0.2, 0) is 4.79 Å². The third-order valence-electron chi connectivity index (χ3n) is 4.07. The summed E-state index contributed by atoms with van der Waals surface area (Å²) in [6.07, 6.45) is 1.73. The molecule has 2 atom stereocenters. The summed E-state index contributed by atoms with van der Waals surface area (Å²) < 4.78 is 0. The van der Waals surface area contributed by atoms with Gasteiger partial charge in [-0.2, -0.15) is 20.4 Å². The highest BCUT2D eigenvalue weighted by molar-refractivity contribution is 5.67. The van der Waals surface area contributed by atoms with E-state index in [4.69, 9.17) is 5.11 Å². The van der Waals surface area contributed by atoms with Crippen molar-refractivity contribution in [2.75, 3.05) is 30.4 Å². The van der Waals surface area contributed by atoms with Crippen LogP contribution >= 0.6 is 0 Å². The molecule has 1 aliphatic heterocycles. The lowest BCUT2D eigenvalue weighted by molar-refractivity contribution is -0.138. The molecule has 122 valence electrons. The van der Waals surface area contributed by atoms with E-state index in [2.05, 4.69) is 30.7 Å². The van der Waals surface area contributed by atoms with Crippen LogP contribution in [-0.4, -0.2) is 56.6 Å². The second kappa shape index (κ2) is 6.19. The van der Waals surface area contributed by atoms with E-state index in [1.165, 1.54) is 0 Å². The van der Waals surface area contributed by atoms with E-state index in [1.54, 1.807) is 13.2 Å². The highest BCUT2D eigenvalue weighted by Gasteiger charge is 2.37. The summed E-state index contributed by atoms with van der Waals surface area (Å²) in [7, 11) is 1.81. The molecule has 3 heterocycles. The first-order valence-electron chi connectivity index (χ1n) is 7.42. The molecule has 1 saturated heterocycles. The van der Waals surface area contributed by atoms with Crippen molar-refractivity contribution in [3.05, 3.63) is 23.7 Å². The van der Waals surface area contributed by atoms with Crippen molar-refractivity contribution in [1.82, 2.24) is 25.4 Å². The van der Waals surface area contributed by atoms with Crippen molar-refractivity contribution in [2.24, 2.45) is 5.92 Å². The third-order valence-corrected chi connectivity index (χ3v) is 4.07. The van der Waals surface area contributed by atoms with Gasteiger partial charge in [0.25, 0.3) is 0 Å². The largest absolute Gasteiger partial charge is 0.481 e. The van der Waals surface area contributed by atoms with Crippen molar-refractivity contribution in [3.63, 3.8) is 0 Å². The third kappa shape index (κ3) is 3.22. The van der Waals surface area contributed by atoms with Gasteiger partial charge in [-0.15, -0.1) is 0 Å². The number of nitrogens with zero attached hydrogens (tertiary/aromatic N) is 5. The second-order valence-electron chi connectivity index (χ2n) is 5.71. The quantitative estimate of drug-likeness (QED) is 0.735. The van der Waals surface area contributed by atoms with Gasteiger partial charge in [-0.3, -0.25) is 4.79 Å². The van der Waals surface area contributed by atoms with Crippen molar-refractivity contribution < 1.29 is 9.90 Å². The van der Waals surface area contributed by atoms with Crippen LogP contribution in [0, 0.1) is 12.8 Å². The fraction of sp³-hybridized carbons (Fsp3) is 0.500. The molecular formula is C14H19N7O2. The zero-order valence-electron chi connectivity index (χ0n) is 13.0. The number of aryl methyl sites for hydroxylation is 1. The van der Waals surface area contributed by atoms with Crippen LogP contribution in [0.25, 0.3) is 0 Å². The molecule has 2 aromatic heterocycles. The van der Waals surface area contributed by atoms with E-state index >= 15 is 0 Å². The SMILES string of the molecule is CNc1cc(C)nc(N2C[C@H](CC(=O)O)[C@H](c3cn[nH]n3)C2)n1. The highest BCUT2D eigenvalue weighted by Crippen LogP contribution is 2.35. The maximum Gasteiger partial charge on any atom is 0.303 e. The molecule has 0 unspecified atom stereocenters. The lowest BCUT2D eigenvalue weighted by Crippen LogP contribution is -2.23. The Morgan fingerprint density at radius 3 is 2.96 bits per heavy atom. The van der Waals surface area contributed by atoms with Crippen LogP contribution in [0.5, 0.6) is 0 Å². The van der Waals surface area contributed by atoms with Crippen LogP contribution in [0.2, 0.25) is 0 Å². The van der Waals surface area contributed by atoms with Crippen LogP contribution in [0.4, 0.5) is 11.8 Å². The summed E-state index contributed by atoms with van der Waals surface area (Å²) in [5.74, 6) is 0.473. The number of aromatic nitrogens is 5. The fourth-order valence-corrected chi connectivity index (χ4v) is 3.01. The number of H-pyrrole nitrogens is 1.